The van der Waals surface area contributed by atoms with Crippen LogP contribution in [0.3, 0.4) is 0 Å². The fourth-order valence-corrected chi connectivity index (χ4v) is 3.53. The highest BCUT2D eigenvalue weighted by atomic mass is 19.1. The van der Waals surface area contributed by atoms with E-state index in [-0.39, 0.29) is 25.4 Å². The zero-order valence-electron chi connectivity index (χ0n) is 15.9. The van der Waals surface area contributed by atoms with Crippen LogP contribution in [0, 0.1) is 0 Å². The lowest BCUT2D eigenvalue weighted by atomic mass is 9.98. The number of ether oxygens (including phenoxy) is 1. The molecule has 1 aliphatic rings. The van der Waals surface area contributed by atoms with Crippen molar-refractivity contribution in [1.82, 2.24) is 5.32 Å². The molecule has 0 spiro atoms. The first-order chi connectivity index (χ1) is 13.3. The monoisotopic (exact) mass is 385 g/mol. The molecule has 0 aromatic heterocycles. The summed E-state index contributed by atoms with van der Waals surface area (Å²) in [5.74, 6) is -1.32. The van der Waals surface area contributed by atoms with Gasteiger partial charge in [0.15, 0.2) is 0 Å². The summed E-state index contributed by atoms with van der Waals surface area (Å²) >= 11 is 0. The molecule has 28 heavy (non-hydrogen) atoms. The van der Waals surface area contributed by atoms with Gasteiger partial charge in [-0.05, 0) is 48.9 Å². The van der Waals surface area contributed by atoms with Gasteiger partial charge >= 0.3 is 12.1 Å². The van der Waals surface area contributed by atoms with Gasteiger partial charge in [-0.25, -0.2) is 14.0 Å². The fourth-order valence-electron chi connectivity index (χ4n) is 3.53. The van der Waals surface area contributed by atoms with Crippen molar-refractivity contribution in [3.63, 3.8) is 0 Å². The second kappa shape index (κ2) is 8.00. The van der Waals surface area contributed by atoms with Crippen LogP contribution in [0.5, 0.6) is 0 Å². The summed E-state index contributed by atoms with van der Waals surface area (Å²) in [6.45, 7) is 2.85. The van der Waals surface area contributed by atoms with E-state index in [4.69, 9.17) is 4.74 Å². The van der Waals surface area contributed by atoms with Gasteiger partial charge in [-0.1, -0.05) is 48.5 Å². The Morgan fingerprint density at radius 1 is 1.11 bits per heavy atom. The molecule has 0 saturated heterocycles. The predicted octanol–water partition coefficient (Wildman–Crippen LogP) is 4.51. The average Bonchev–Trinajstić information content (AvgIpc) is 2.96. The standard InChI is InChI=1S/C22H24FNO4/c1-22(2,23)12-11-19(20(25)26)24-21(27)28-13-18-16-9-5-3-7-14(16)15-8-4-6-10-17(15)18/h3-10,18-19H,11-13H2,1-2H3,(H,24,27)(H,25,26). The number of benzene rings is 2. The van der Waals surface area contributed by atoms with Crippen LogP contribution < -0.4 is 5.32 Å². The van der Waals surface area contributed by atoms with Crippen molar-refractivity contribution >= 4 is 12.1 Å². The minimum absolute atomic E-state index is 0.0109. The van der Waals surface area contributed by atoms with Gasteiger partial charge in [0.1, 0.15) is 18.3 Å². The molecule has 1 atom stereocenters. The van der Waals surface area contributed by atoms with Gasteiger partial charge in [-0.3, -0.25) is 0 Å². The minimum atomic E-state index is -1.50. The van der Waals surface area contributed by atoms with Crippen molar-refractivity contribution < 1.29 is 23.8 Å². The largest absolute Gasteiger partial charge is 0.480 e. The van der Waals surface area contributed by atoms with E-state index < -0.39 is 23.8 Å². The molecule has 5 nitrogen and oxygen atoms in total. The average molecular weight is 385 g/mol. The van der Waals surface area contributed by atoms with Gasteiger partial charge in [0.25, 0.3) is 0 Å². The number of hydrogen-bond donors (Lipinski definition) is 2. The van der Waals surface area contributed by atoms with Gasteiger partial charge in [0.05, 0.1) is 0 Å². The molecule has 0 heterocycles. The SMILES string of the molecule is CC(C)(F)CCC(NC(=O)OCC1c2ccccc2-c2ccccc21)C(=O)O. The highest BCUT2D eigenvalue weighted by Gasteiger charge is 2.30. The molecule has 2 aromatic rings. The number of halogens is 1. The number of carboxylic acid groups (broad SMARTS) is 1. The number of fused-ring (bicyclic) bond motifs is 3. The van der Waals surface area contributed by atoms with Crippen molar-refractivity contribution in [2.75, 3.05) is 6.61 Å². The number of nitrogens with one attached hydrogen (secondary N) is 1. The maximum atomic E-state index is 13.6. The molecule has 2 aromatic carbocycles. The molecule has 1 unspecified atom stereocenters. The highest BCUT2D eigenvalue weighted by molar-refractivity contribution is 5.81. The smallest absolute Gasteiger partial charge is 0.407 e. The first-order valence-corrected chi connectivity index (χ1v) is 9.29. The van der Waals surface area contributed by atoms with Crippen LogP contribution in [0.15, 0.2) is 48.5 Å². The lowest BCUT2D eigenvalue weighted by molar-refractivity contribution is -0.139. The normalized spacial score (nSPS) is 14.1. The first kappa shape index (κ1) is 19.9. The van der Waals surface area contributed by atoms with Gasteiger partial charge in [-0.2, -0.15) is 0 Å². The van der Waals surface area contributed by atoms with Crippen LogP contribution in [-0.2, 0) is 9.53 Å². The maximum absolute atomic E-state index is 13.6. The second-order valence-corrected chi connectivity index (χ2v) is 7.62. The van der Waals surface area contributed by atoms with Gasteiger partial charge in [0.2, 0.25) is 0 Å². The van der Waals surface area contributed by atoms with Crippen LogP contribution in [-0.4, -0.2) is 35.5 Å². The second-order valence-electron chi connectivity index (χ2n) is 7.62. The summed E-state index contributed by atoms with van der Waals surface area (Å²) in [6, 6.07) is 14.7. The van der Waals surface area contributed by atoms with Crippen LogP contribution in [0.25, 0.3) is 11.1 Å². The molecule has 1 aliphatic carbocycles. The Labute approximate surface area is 163 Å². The molecule has 148 valence electrons. The summed E-state index contributed by atoms with van der Waals surface area (Å²) in [4.78, 5) is 23.5. The third kappa shape index (κ3) is 4.50. The molecule has 3 rings (SSSR count). The van der Waals surface area contributed by atoms with Crippen LogP contribution in [0.2, 0.25) is 0 Å². The molecule has 0 aliphatic heterocycles. The van der Waals surface area contributed by atoms with Crippen molar-refractivity contribution in [2.24, 2.45) is 0 Å². The Kier molecular flexibility index (Phi) is 5.68. The van der Waals surface area contributed by atoms with Crippen molar-refractivity contribution in [1.29, 1.82) is 0 Å². The van der Waals surface area contributed by atoms with E-state index in [1.807, 2.05) is 48.5 Å². The third-order valence-corrected chi connectivity index (χ3v) is 4.96. The van der Waals surface area contributed by atoms with Crippen molar-refractivity contribution in [2.45, 2.75) is 44.3 Å². The topological polar surface area (TPSA) is 75.6 Å². The maximum Gasteiger partial charge on any atom is 0.407 e. The number of hydrogen-bond acceptors (Lipinski definition) is 3. The lowest BCUT2D eigenvalue weighted by Gasteiger charge is -2.20. The number of aliphatic carboxylic acids is 1. The molecule has 6 heteroatoms. The van der Waals surface area contributed by atoms with Crippen molar-refractivity contribution in [3.05, 3.63) is 59.7 Å². The number of rotatable bonds is 7. The zero-order valence-corrected chi connectivity index (χ0v) is 15.9. The Hall–Kier alpha value is -2.89. The summed E-state index contributed by atoms with van der Waals surface area (Å²) < 4.78 is 19.0. The number of carboxylic acids is 1. The summed E-state index contributed by atoms with van der Waals surface area (Å²) in [6.07, 6.45) is -0.803. The number of alkyl halides is 1. The molecular weight excluding hydrogens is 361 g/mol. The Balaban J connectivity index is 1.65. The highest BCUT2D eigenvalue weighted by Crippen LogP contribution is 2.44. The number of carbonyl (C=O) groups is 2. The summed E-state index contributed by atoms with van der Waals surface area (Å²) in [5.41, 5.74) is 2.87. The first-order valence-electron chi connectivity index (χ1n) is 9.29. The van der Waals surface area contributed by atoms with E-state index >= 15 is 0 Å². The van der Waals surface area contributed by atoms with E-state index in [9.17, 15) is 19.1 Å². The minimum Gasteiger partial charge on any atom is -0.480 e. The molecular formula is C22H24FNO4. The van der Waals surface area contributed by atoms with Crippen LogP contribution >= 0.6 is 0 Å². The predicted molar refractivity (Wildman–Crippen MR) is 104 cm³/mol. The van der Waals surface area contributed by atoms with Crippen LogP contribution in [0.1, 0.15) is 43.7 Å². The quantitative estimate of drug-likeness (QED) is 0.735. The third-order valence-electron chi connectivity index (χ3n) is 4.96. The fraction of sp³-hybridized carbons (Fsp3) is 0.364. The van der Waals surface area contributed by atoms with Gasteiger partial charge in [-0.15, -0.1) is 0 Å². The Morgan fingerprint density at radius 3 is 2.14 bits per heavy atom. The molecule has 1 amide bonds. The van der Waals surface area contributed by atoms with E-state index in [2.05, 4.69) is 5.32 Å². The molecule has 2 N–H and O–H groups in total. The molecule has 0 bridgehead atoms. The van der Waals surface area contributed by atoms with E-state index in [1.165, 1.54) is 13.8 Å². The molecule has 0 radical (unpaired) electrons. The van der Waals surface area contributed by atoms with Gasteiger partial charge in [0, 0.05) is 5.92 Å². The Bertz CT molecular complexity index is 829. The molecule has 0 fully saturated rings. The number of alkyl carbamates (subject to hydrolysis) is 1. The van der Waals surface area contributed by atoms with Crippen LogP contribution in [0.4, 0.5) is 9.18 Å². The van der Waals surface area contributed by atoms with E-state index in [0.717, 1.165) is 22.3 Å². The number of carbonyl (C=O) groups excluding carboxylic acids is 1. The van der Waals surface area contributed by atoms with Crippen molar-refractivity contribution in [3.8, 4) is 11.1 Å². The summed E-state index contributed by atoms with van der Waals surface area (Å²) in [5, 5.41) is 11.6. The Morgan fingerprint density at radius 2 is 1.64 bits per heavy atom. The zero-order chi connectivity index (χ0) is 20.3. The number of amides is 1. The van der Waals surface area contributed by atoms with E-state index in [0.29, 0.717) is 0 Å². The summed E-state index contributed by atoms with van der Waals surface area (Å²) in [7, 11) is 0. The molecule has 0 saturated carbocycles. The van der Waals surface area contributed by atoms with E-state index in [1.54, 1.807) is 0 Å². The lowest BCUT2D eigenvalue weighted by Crippen LogP contribution is -2.42. The van der Waals surface area contributed by atoms with Gasteiger partial charge < -0.3 is 15.2 Å².